The van der Waals surface area contributed by atoms with E-state index in [1.54, 1.807) is 17.0 Å². The molecule has 0 saturated carbocycles. The Morgan fingerprint density at radius 3 is 2.31 bits per heavy atom. The first kappa shape index (κ1) is 18.6. The smallest absolute Gasteiger partial charge is 0.306 e. The highest BCUT2D eigenvalue weighted by molar-refractivity contribution is 5.94. The summed E-state index contributed by atoms with van der Waals surface area (Å²) in [5.41, 5.74) is 0.870. The number of aliphatic carboxylic acids is 1. The van der Waals surface area contributed by atoms with Crippen LogP contribution in [0.4, 0.5) is 10.1 Å². The van der Waals surface area contributed by atoms with E-state index < -0.39 is 5.97 Å². The van der Waals surface area contributed by atoms with Crippen molar-refractivity contribution in [1.29, 1.82) is 0 Å². The number of hydrogen-bond acceptors (Lipinski definition) is 4. The van der Waals surface area contributed by atoms with Crippen LogP contribution < -0.4 is 4.90 Å². The second kappa shape index (κ2) is 8.03. The number of carboxylic acids is 1. The number of nitrogens with zero attached hydrogens (tertiary/aromatic N) is 3. The van der Waals surface area contributed by atoms with Crippen LogP contribution in [-0.4, -0.2) is 72.6 Å². The van der Waals surface area contributed by atoms with Crippen molar-refractivity contribution < 1.29 is 19.1 Å². The van der Waals surface area contributed by atoms with Crippen LogP contribution in [0.25, 0.3) is 0 Å². The molecule has 2 heterocycles. The number of rotatable bonds is 4. The molecule has 0 aliphatic carbocycles. The lowest BCUT2D eigenvalue weighted by Gasteiger charge is -2.35. The molecule has 1 N–H and O–H groups in total. The molecule has 2 saturated heterocycles. The van der Waals surface area contributed by atoms with E-state index in [4.69, 9.17) is 5.11 Å². The molecule has 0 unspecified atom stereocenters. The second-order valence-electron chi connectivity index (χ2n) is 6.99. The van der Waals surface area contributed by atoms with Crippen molar-refractivity contribution in [2.75, 3.05) is 50.7 Å². The summed E-state index contributed by atoms with van der Waals surface area (Å²) in [6, 6.07) is 4.68. The van der Waals surface area contributed by atoms with Gasteiger partial charge in [0.05, 0.1) is 11.6 Å². The molecule has 0 spiro atoms. The largest absolute Gasteiger partial charge is 0.481 e. The second-order valence-corrected chi connectivity index (χ2v) is 6.99. The van der Waals surface area contributed by atoms with Gasteiger partial charge in [0.2, 0.25) is 0 Å². The van der Waals surface area contributed by atoms with Gasteiger partial charge in [0.25, 0.3) is 5.91 Å². The summed E-state index contributed by atoms with van der Waals surface area (Å²) in [6.45, 7) is 7.31. The molecule has 0 aromatic heterocycles. The van der Waals surface area contributed by atoms with Gasteiger partial charge < -0.3 is 19.8 Å². The maximum absolute atomic E-state index is 14.6. The van der Waals surface area contributed by atoms with Crippen LogP contribution in [0.15, 0.2) is 18.2 Å². The van der Waals surface area contributed by atoms with Gasteiger partial charge in [-0.1, -0.05) is 6.92 Å². The number of amides is 1. The number of piperidine rings is 1. The van der Waals surface area contributed by atoms with E-state index in [0.717, 1.165) is 32.7 Å². The highest BCUT2D eigenvalue weighted by atomic mass is 19.1. The Labute approximate surface area is 153 Å². The summed E-state index contributed by atoms with van der Waals surface area (Å²) in [4.78, 5) is 29.6. The number of benzene rings is 1. The maximum atomic E-state index is 14.6. The van der Waals surface area contributed by atoms with Gasteiger partial charge in [-0.25, -0.2) is 4.39 Å². The molecule has 0 bridgehead atoms. The van der Waals surface area contributed by atoms with Gasteiger partial charge in [-0.05, 0) is 37.6 Å². The number of carboxylic acid groups (broad SMARTS) is 1. The molecule has 26 heavy (non-hydrogen) atoms. The molecular formula is C19H26FN3O3. The Balaban J connectivity index is 1.64. The van der Waals surface area contributed by atoms with E-state index in [2.05, 4.69) is 11.8 Å². The fraction of sp³-hybridized carbons (Fsp3) is 0.579. The third kappa shape index (κ3) is 3.98. The molecular weight excluding hydrogens is 337 g/mol. The summed E-state index contributed by atoms with van der Waals surface area (Å²) in [7, 11) is 0. The van der Waals surface area contributed by atoms with Crippen LogP contribution in [0.3, 0.4) is 0 Å². The van der Waals surface area contributed by atoms with E-state index in [0.29, 0.717) is 37.2 Å². The van der Waals surface area contributed by atoms with Crippen molar-refractivity contribution in [2.45, 2.75) is 19.8 Å². The van der Waals surface area contributed by atoms with E-state index in [-0.39, 0.29) is 17.6 Å². The minimum Gasteiger partial charge on any atom is -0.481 e. The van der Waals surface area contributed by atoms with E-state index in [1.165, 1.54) is 6.07 Å². The molecule has 142 valence electrons. The number of halogens is 1. The molecule has 2 aliphatic heterocycles. The number of carbonyl (C=O) groups excluding carboxylic acids is 1. The topological polar surface area (TPSA) is 64.1 Å². The van der Waals surface area contributed by atoms with Gasteiger partial charge in [0.1, 0.15) is 5.82 Å². The predicted octanol–water partition coefficient (Wildman–Crippen LogP) is 1.90. The van der Waals surface area contributed by atoms with Crippen molar-refractivity contribution in [1.82, 2.24) is 9.80 Å². The molecule has 1 aromatic rings. The van der Waals surface area contributed by atoms with E-state index in [9.17, 15) is 14.0 Å². The monoisotopic (exact) mass is 363 g/mol. The SMILES string of the molecule is CCN1CCN(c2ccc(C(=O)N3CCC(C(=O)O)CC3)cc2F)CC1. The lowest BCUT2D eigenvalue weighted by atomic mass is 9.96. The van der Waals surface area contributed by atoms with Gasteiger partial charge in [-0.2, -0.15) is 0 Å². The first-order valence-corrected chi connectivity index (χ1v) is 9.28. The van der Waals surface area contributed by atoms with Crippen molar-refractivity contribution >= 4 is 17.6 Å². The lowest BCUT2D eigenvalue weighted by molar-refractivity contribution is -0.143. The van der Waals surface area contributed by atoms with Crippen molar-refractivity contribution in [2.24, 2.45) is 5.92 Å². The molecule has 6 nitrogen and oxygen atoms in total. The number of hydrogen-bond donors (Lipinski definition) is 1. The molecule has 2 aliphatic rings. The molecule has 1 aromatic carbocycles. The van der Waals surface area contributed by atoms with Gasteiger partial charge in [-0.3, -0.25) is 9.59 Å². The van der Waals surface area contributed by atoms with Crippen LogP contribution >= 0.6 is 0 Å². The number of carbonyl (C=O) groups is 2. The molecule has 0 atom stereocenters. The normalized spacial score (nSPS) is 19.6. The number of anilines is 1. The molecule has 0 radical (unpaired) electrons. The van der Waals surface area contributed by atoms with Crippen molar-refractivity contribution in [3.63, 3.8) is 0 Å². The maximum Gasteiger partial charge on any atom is 0.306 e. The summed E-state index contributed by atoms with van der Waals surface area (Å²) in [5, 5.41) is 9.04. The summed E-state index contributed by atoms with van der Waals surface area (Å²) in [6.07, 6.45) is 0.896. The van der Waals surface area contributed by atoms with Crippen LogP contribution in [0.5, 0.6) is 0 Å². The zero-order chi connectivity index (χ0) is 18.7. The average Bonchev–Trinajstić information content (AvgIpc) is 2.67. The third-order valence-corrected chi connectivity index (χ3v) is 5.49. The summed E-state index contributed by atoms with van der Waals surface area (Å²) < 4.78 is 14.6. The van der Waals surface area contributed by atoms with Crippen molar-refractivity contribution in [3.05, 3.63) is 29.6 Å². The average molecular weight is 363 g/mol. The number of likely N-dealkylation sites (tertiary alicyclic amines) is 1. The molecule has 3 rings (SSSR count). The van der Waals surface area contributed by atoms with Crippen molar-refractivity contribution in [3.8, 4) is 0 Å². The van der Waals surface area contributed by atoms with Gasteiger partial charge in [0, 0.05) is 44.8 Å². The number of piperazine rings is 1. The van der Waals surface area contributed by atoms with Gasteiger partial charge in [0.15, 0.2) is 0 Å². The van der Waals surface area contributed by atoms with Crippen LogP contribution in [0.1, 0.15) is 30.1 Å². The van der Waals surface area contributed by atoms with E-state index >= 15 is 0 Å². The third-order valence-electron chi connectivity index (χ3n) is 5.49. The Bertz CT molecular complexity index is 666. The quantitative estimate of drug-likeness (QED) is 0.885. The highest BCUT2D eigenvalue weighted by Crippen LogP contribution is 2.24. The van der Waals surface area contributed by atoms with Crippen LogP contribution in [0, 0.1) is 11.7 Å². The standard InChI is InChI=1S/C19H26FN3O3/c1-2-21-9-11-22(12-10-21)17-4-3-15(13-16(17)20)18(24)23-7-5-14(6-8-23)19(25)26/h3-4,13-14H,2,5-12H2,1H3,(H,25,26). The Hall–Kier alpha value is -2.15. The minimum atomic E-state index is -0.810. The summed E-state index contributed by atoms with van der Waals surface area (Å²) >= 11 is 0. The molecule has 7 heteroatoms. The van der Waals surface area contributed by atoms with Gasteiger partial charge in [-0.15, -0.1) is 0 Å². The fourth-order valence-corrected chi connectivity index (χ4v) is 3.71. The lowest BCUT2D eigenvalue weighted by Crippen LogP contribution is -2.46. The first-order chi connectivity index (χ1) is 12.5. The number of likely N-dealkylation sites (N-methyl/N-ethyl adjacent to an activating group) is 1. The van der Waals surface area contributed by atoms with Crippen LogP contribution in [-0.2, 0) is 4.79 Å². The zero-order valence-electron chi connectivity index (χ0n) is 15.2. The van der Waals surface area contributed by atoms with E-state index in [1.807, 2.05) is 4.90 Å². The minimum absolute atomic E-state index is 0.227. The van der Waals surface area contributed by atoms with Gasteiger partial charge >= 0.3 is 5.97 Å². The van der Waals surface area contributed by atoms with Crippen LogP contribution in [0.2, 0.25) is 0 Å². The Morgan fingerprint density at radius 2 is 1.77 bits per heavy atom. The predicted molar refractivity (Wildman–Crippen MR) is 97.0 cm³/mol. The molecule has 1 amide bonds. The first-order valence-electron chi connectivity index (χ1n) is 9.28. The zero-order valence-corrected chi connectivity index (χ0v) is 15.2. The summed E-state index contributed by atoms with van der Waals surface area (Å²) in [5.74, 6) is -1.80. The molecule has 2 fully saturated rings. The fourth-order valence-electron chi connectivity index (χ4n) is 3.71. The Kier molecular flexibility index (Phi) is 5.76. The Morgan fingerprint density at radius 1 is 1.12 bits per heavy atom. The highest BCUT2D eigenvalue weighted by Gasteiger charge is 2.28.